The van der Waals surface area contributed by atoms with E-state index < -0.39 is 8.07 Å². The Hall–Kier alpha value is -1.90. The van der Waals surface area contributed by atoms with Gasteiger partial charge in [-0.1, -0.05) is 98.7 Å². The average molecular weight is 322 g/mol. The van der Waals surface area contributed by atoms with Gasteiger partial charge in [-0.15, -0.1) is 0 Å². The molecule has 2 aromatic rings. The van der Waals surface area contributed by atoms with Crippen LogP contribution in [-0.2, 0) is 6.54 Å². The van der Waals surface area contributed by atoms with Gasteiger partial charge in [-0.2, -0.15) is 0 Å². The number of benzene rings is 2. The molecule has 0 aliphatic rings. The monoisotopic (exact) mass is 321 g/mol. The molecule has 1 N–H and O–H groups in total. The van der Waals surface area contributed by atoms with Crippen molar-refractivity contribution in [2.75, 3.05) is 0 Å². The van der Waals surface area contributed by atoms with Gasteiger partial charge >= 0.3 is 0 Å². The van der Waals surface area contributed by atoms with Gasteiger partial charge < -0.3 is 5.32 Å². The fraction of sp³-hybridized carbons (Fsp3) is 0.238. The van der Waals surface area contributed by atoms with Crippen LogP contribution in [0.5, 0.6) is 0 Å². The predicted octanol–water partition coefficient (Wildman–Crippen LogP) is 5.51. The zero-order valence-electron chi connectivity index (χ0n) is 14.4. The van der Waals surface area contributed by atoms with Crippen molar-refractivity contribution >= 4 is 8.07 Å². The van der Waals surface area contributed by atoms with E-state index in [4.69, 9.17) is 0 Å². The number of rotatable bonds is 7. The summed E-state index contributed by atoms with van der Waals surface area (Å²) >= 11 is 0. The van der Waals surface area contributed by atoms with E-state index in [0.717, 1.165) is 6.54 Å². The standard InChI is InChI=1S/C21H27NSi/c1-5-19(17-23(2,3)4)21(20-14-10-7-11-15-20)22-16-18-12-8-6-9-13-18/h5-15,17,21-22H,1,16H2,2-4H3/b19-17+. The Morgan fingerprint density at radius 2 is 1.57 bits per heavy atom. The second-order valence-corrected chi connectivity index (χ2v) is 11.9. The van der Waals surface area contributed by atoms with Crippen LogP contribution in [0, 0.1) is 0 Å². The maximum Gasteiger partial charge on any atom is 0.0691 e. The van der Waals surface area contributed by atoms with E-state index in [1.165, 1.54) is 16.7 Å². The molecule has 0 radical (unpaired) electrons. The molecule has 0 saturated carbocycles. The second-order valence-electron chi connectivity index (χ2n) is 6.92. The fourth-order valence-electron chi connectivity index (χ4n) is 2.65. The summed E-state index contributed by atoms with van der Waals surface area (Å²) in [5, 5.41) is 3.71. The fourth-order valence-corrected chi connectivity index (χ4v) is 3.93. The van der Waals surface area contributed by atoms with Crippen LogP contribution < -0.4 is 5.32 Å². The Labute approximate surface area is 141 Å². The highest BCUT2D eigenvalue weighted by Gasteiger charge is 2.18. The second kappa shape index (κ2) is 8.09. The first-order valence-electron chi connectivity index (χ1n) is 8.17. The van der Waals surface area contributed by atoms with E-state index in [-0.39, 0.29) is 6.04 Å². The van der Waals surface area contributed by atoms with Gasteiger partial charge in [-0.05, 0) is 16.7 Å². The molecular formula is C21H27NSi. The SMILES string of the molecule is C=C/C(=C\[Si](C)(C)C)C(NCc1ccccc1)c1ccccc1. The van der Waals surface area contributed by atoms with Crippen LogP contribution >= 0.6 is 0 Å². The Balaban J connectivity index is 2.28. The van der Waals surface area contributed by atoms with Crippen molar-refractivity contribution in [2.24, 2.45) is 0 Å². The topological polar surface area (TPSA) is 12.0 Å². The normalized spacial score (nSPS) is 13.6. The first kappa shape index (κ1) is 17.5. The molecule has 0 aromatic heterocycles. The molecule has 0 aliphatic heterocycles. The molecule has 1 nitrogen and oxygen atoms in total. The van der Waals surface area contributed by atoms with Crippen LogP contribution in [0.25, 0.3) is 0 Å². The lowest BCUT2D eigenvalue weighted by molar-refractivity contribution is 0.605. The van der Waals surface area contributed by atoms with Crippen LogP contribution in [0.1, 0.15) is 17.2 Å². The van der Waals surface area contributed by atoms with Gasteiger partial charge in [0.1, 0.15) is 0 Å². The average Bonchev–Trinajstić information content (AvgIpc) is 2.55. The van der Waals surface area contributed by atoms with Gasteiger partial charge in [-0.3, -0.25) is 0 Å². The molecule has 2 rings (SSSR count). The third-order valence-electron chi connectivity index (χ3n) is 3.65. The minimum atomic E-state index is -1.32. The highest BCUT2D eigenvalue weighted by Crippen LogP contribution is 2.25. The highest BCUT2D eigenvalue weighted by atomic mass is 28.3. The van der Waals surface area contributed by atoms with Gasteiger partial charge in [0.15, 0.2) is 0 Å². The molecule has 0 fully saturated rings. The molecule has 0 aliphatic carbocycles. The van der Waals surface area contributed by atoms with Gasteiger partial charge in [0, 0.05) is 6.54 Å². The summed E-state index contributed by atoms with van der Waals surface area (Å²) in [6.07, 6.45) is 2.01. The summed E-state index contributed by atoms with van der Waals surface area (Å²) in [4.78, 5) is 0. The van der Waals surface area contributed by atoms with Crippen LogP contribution in [0.4, 0.5) is 0 Å². The molecule has 23 heavy (non-hydrogen) atoms. The first-order valence-corrected chi connectivity index (χ1v) is 11.7. The molecule has 1 atom stereocenters. The van der Waals surface area contributed by atoms with Crippen molar-refractivity contribution in [3.05, 3.63) is 95.7 Å². The van der Waals surface area contributed by atoms with E-state index in [0.29, 0.717) is 0 Å². The number of hydrogen-bond acceptors (Lipinski definition) is 1. The summed E-state index contributed by atoms with van der Waals surface area (Å²) in [6, 6.07) is 21.3. The van der Waals surface area contributed by atoms with Gasteiger partial charge in [-0.25, -0.2) is 0 Å². The molecule has 0 heterocycles. The highest BCUT2D eigenvalue weighted by molar-refractivity contribution is 6.81. The van der Waals surface area contributed by atoms with Crippen LogP contribution in [0.2, 0.25) is 19.6 Å². The molecule has 0 spiro atoms. The van der Waals surface area contributed by atoms with Crippen molar-refractivity contribution in [1.29, 1.82) is 0 Å². The summed E-state index contributed by atoms with van der Waals surface area (Å²) in [6.45, 7) is 12.0. The van der Waals surface area contributed by atoms with Crippen LogP contribution in [-0.4, -0.2) is 8.07 Å². The minimum absolute atomic E-state index is 0.181. The maximum atomic E-state index is 4.06. The maximum absolute atomic E-state index is 4.06. The molecule has 2 heteroatoms. The van der Waals surface area contributed by atoms with Gasteiger partial charge in [0.25, 0.3) is 0 Å². The van der Waals surface area contributed by atoms with E-state index in [9.17, 15) is 0 Å². The van der Waals surface area contributed by atoms with Crippen molar-refractivity contribution in [3.63, 3.8) is 0 Å². The lowest BCUT2D eigenvalue weighted by Gasteiger charge is -2.23. The van der Waals surface area contributed by atoms with E-state index >= 15 is 0 Å². The largest absolute Gasteiger partial charge is 0.302 e. The summed E-state index contributed by atoms with van der Waals surface area (Å²) in [7, 11) is -1.32. The van der Waals surface area contributed by atoms with E-state index in [2.05, 4.69) is 97.9 Å². The molecule has 0 amide bonds. The first-order chi connectivity index (χ1) is 11.0. The van der Waals surface area contributed by atoms with Crippen molar-refractivity contribution in [2.45, 2.75) is 32.2 Å². The Morgan fingerprint density at radius 3 is 2.09 bits per heavy atom. The quantitative estimate of drug-likeness (QED) is 0.524. The summed E-state index contributed by atoms with van der Waals surface area (Å²) in [5.41, 5.74) is 6.30. The van der Waals surface area contributed by atoms with Crippen molar-refractivity contribution in [3.8, 4) is 0 Å². The van der Waals surface area contributed by atoms with E-state index in [1.807, 2.05) is 6.08 Å². The summed E-state index contributed by atoms with van der Waals surface area (Å²) in [5.74, 6) is 0. The number of nitrogens with one attached hydrogen (secondary N) is 1. The zero-order valence-corrected chi connectivity index (χ0v) is 15.4. The molecule has 120 valence electrons. The third kappa shape index (κ3) is 5.66. The lowest BCUT2D eigenvalue weighted by Crippen LogP contribution is -2.25. The Bertz CT molecular complexity index is 639. The molecule has 0 saturated heterocycles. The number of hydrogen-bond donors (Lipinski definition) is 1. The lowest BCUT2D eigenvalue weighted by atomic mass is 9.99. The molecule has 2 aromatic carbocycles. The molecule has 0 bridgehead atoms. The van der Waals surface area contributed by atoms with Gasteiger partial charge in [0.05, 0.1) is 14.1 Å². The van der Waals surface area contributed by atoms with Crippen LogP contribution in [0.3, 0.4) is 0 Å². The minimum Gasteiger partial charge on any atom is -0.302 e. The molecule has 1 unspecified atom stereocenters. The molecular weight excluding hydrogens is 294 g/mol. The Morgan fingerprint density at radius 1 is 1.00 bits per heavy atom. The van der Waals surface area contributed by atoms with Gasteiger partial charge in [0.2, 0.25) is 0 Å². The third-order valence-corrected chi connectivity index (χ3v) is 4.85. The van der Waals surface area contributed by atoms with Crippen molar-refractivity contribution in [1.82, 2.24) is 5.32 Å². The smallest absolute Gasteiger partial charge is 0.0691 e. The summed E-state index contributed by atoms with van der Waals surface area (Å²) < 4.78 is 0. The van der Waals surface area contributed by atoms with Crippen molar-refractivity contribution < 1.29 is 0 Å². The van der Waals surface area contributed by atoms with Crippen LogP contribution in [0.15, 0.2) is 84.6 Å². The zero-order chi connectivity index (χ0) is 16.7. The van der Waals surface area contributed by atoms with E-state index in [1.54, 1.807) is 0 Å². The predicted molar refractivity (Wildman–Crippen MR) is 104 cm³/mol. The Kier molecular flexibility index (Phi) is 6.14.